The molecule has 0 saturated carbocycles. The van der Waals surface area contributed by atoms with E-state index in [1.807, 2.05) is 4.90 Å². The Morgan fingerprint density at radius 1 is 1.14 bits per heavy atom. The monoisotopic (exact) mass is 414 g/mol. The summed E-state index contributed by atoms with van der Waals surface area (Å²) in [5, 5.41) is 0. The van der Waals surface area contributed by atoms with Crippen molar-refractivity contribution in [1.29, 1.82) is 0 Å². The van der Waals surface area contributed by atoms with Gasteiger partial charge in [-0.1, -0.05) is 0 Å². The van der Waals surface area contributed by atoms with E-state index in [9.17, 15) is 17.6 Å². The third-order valence-electron chi connectivity index (χ3n) is 5.41. The normalized spacial score (nSPS) is 20.2. The number of ether oxygens (including phenoxy) is 2. The lowest BCUT2D eigenvalue weighted by molar-refractivity contribution is -0.143. The van der Waals surface area contributed by atoms with Crippen LogP contribution in [0.5, 0.6) is 0 Å². The van der Waals surface area contributed by atoms with Crippen molar-refractivity contribution in [2.75, 3.05) is 40.0 Å². The fraction of sp³-hybridized carbons (Fsp3) is 0.632. The minimum atomic E-state index is -3.66. The number of sulfonamides is 1. The van der Waals surface area contributed by atoms with Gasteiger partial charge in [-0.15, -0.1) is 0 Å². The Morgan fingerprint density at radius 2 is 1.71 bits per heavy atom. The molecule has 0 aliphatic carbocycles. The zero-order valence-electron chi connectivity index (χ0n) is 16.0. The molecular weight excluding hydrogens is 387 g/mol. The van der Waals surface area contributed by atoms with Crippen molar-refractivity contribution in [3.8, 4) is 0 Å². The molecule has 2 fully saturated rings. The van der Waals surface area contributed by atoms with Crippen LogP contribution in [-0.2, 0) is 24.3 Å². The van der Waals surface area contributed by atoms with Gasteiger partial charge >= 0.3 is 0 Å². The molecule has 0 spiro atoms. The second-order valence-corrected chi connectivity index (χ2v) is 9.10. The van der Waals surface area contributed by atoms with Crippen LogP contribution in [0.25, 0.3) is 0 Å². The van der Waals surface area contributed by atoms with Crippen LogP contribution >= 0.6 is 0 Å². The number of nitrogens with zero attached hydrogens (tertiary/aromatic N) is 2. The standard InChI is InChI=1S/C19H27FN2O5S/c1-26-14-19(23)22(17-8-12-27-13-9-17)16-6-10-21(11-7-16)28(24,25)18-4-2-15(20)3-5-18/h2-5,16-17H,6-14H2,1H3. The van der Waals surface area contributed by atoms with E-state index in [0.29, 0.717) is 39.1 Å². The SMILES string of the molecule is COCC(=O)N(C1CCOCC1)C1CCN(S(=O)(=O)c2ccc(F)cc2)CC1. The fourth-order valence-electron chi connectivity index (χ4n) is 3.98. The van der Waals surface area contributed by atoms with Crippen molar-refractivity contribution in [3.05, 3.63) is 30.1 Å². The largest absolute Gasteiger partial charge is 0.381 e. The van der Waals surface area contributed by atoms with Gasteiger partial charge in [0.15, 0.2) is 0 Å². The molecule has 7 nitrogen and oxygen atoms in total. The number of methoxy groups -OCH3 is 1. The molecule has 9 heteroatoms. The van der Waals surface area contributed by atoms with Crippen molar-refractivity contribution in [2.24, 2.45) is 0 Å². The van der Waals surface area contributed by atoms with Crippen molar-refractivity contribution < 1.29 is 27.1 Å². The van der Waals surface area contributed by atoms with E-state index in [1.54, 1.807) is 0 Å². The van der Waals surface area contributed by atoms with E-state index >= 15 is 0 Å². The predicted molar refractivity (Wildman–Crippen MR) is 101 cm³/mol. The minimum Gasteiger partial charge on any atom is -0.381 e. The molecule has 0 N–H and O–H groups in total. The van der Waals surface area contributed by atoms with Gasteiger partial charge in [-0.2, -0.15) is 4.31 Å². The molecular formula is C19H27FN2O5S. The Bertz CT molecular complexity index is 757. The maximum Gasteiger partial charge on any atom is 0.249 e. The highest BCUT2D eigenvalue weighted by Gasteiger charge is 2.36. The van der Waals surface area contributed by atoms with Crippen LogP contribution < -0.4 is 0 Å². The topological polar surface area (TPSA) is 76.2 Å². The molecule has 2 saturated heterocycles. The van der Waals surface area contributed by atoms with Crippen LogP contribution in [0, 0.1) is 5.82 Å². The maximum absolute atomic E-state index is 13.1. The number of benzene rings is 1. The van der Waals surface area contributed by atoms with Gasteiger partial charge in [-0.3, -0.25) is 4.79 Å². The number of carbonyl (C=O) groups excluding carboxylic acids is 1. The van der Waals surface area contributed by atoms with Gasteiger partial charge in [0.25, 0.3) is 0 Å². The number of rotatable bonds is 6. The zero-order chi connectivity index (χ0) is 20.1. The Morgan fingerprint density at radius 3 is 2.29 bits per heavy atom. The van der Waals surface area contributed by atoms with Crippen LogP contribution in [0.1, 0.15) is 25.7 Å². The van der Waals surface area contributed by atoms with Gasteiger partial charge in [0.1, 0.15) is 12.4 Å². The van der Waals surface area contributed by atoms with Gasteiger partial charge in [-0.25, -0.2) is 12.8 Å². The van der Waals surface area contributed by atoms with Crippen molar-refractivity contribution in [3.63, 3.8) is 0 Å². The van der Waals surface area contributed by atoms with E-state index in [-0.39, 0.29) is 29.5 Å². The third kappa shape index (κ3) is 4.71. The Kier molecular flexibility index (Phi) is 7.03. The minimum absolute atomic E-state index is 0.0193. The Balaban J connectivity index is 1.69. The summed E-state index contributed by atoms with van der Waals surface area (Å²) in [5.74, 6) is -0.532. The molecule has 0 aromatic heterocycles. The van der Waals surface area contributed by atoms with E-state index in [2.05, 4.69) is 0 Å². The van der Waals surface area contributed by atoms with Gasteiger partial charge in [0, 0.05) is 45.5 Å². The third-order valence-corrected chi connectivity index (χ3v) is 7.32. The summed E-state index contributed by atoms with van der Waals surface area (Å²) in [6.45, 7) is 1.92. The van der Waals surface area contributed by atoms with Crippen LogP contribution in [0.4, 0.5) is 4.39 Å². The molecule has 1 aromatic rings. The highest BCUT2D eigenvalue weighted by atomic mass is 32.2. The predicted octanol–water partition coefficient (Wildman–Crippen LogP) is 1.63. The highest BCUT2D eigenvalue weighted by molar-refractivity contribution is 7.89. The molecule has 0 radical (unpaired) electrons. The average Bonchev–Trinajstić information content (AvgIpc) is 2.70. The molecule has 2 heterocycles. The van der Waals surface area contributed by atoms with Crippen molar-refractivity contribution in [2.45, 2.75) is 42.7 Å². The van der Waals surface area contributed by atoms with Crippen molar-refractivity contribution in [1.82, 2.24) is 9.21 Å². The lowest BCUT2D eigenvalue weighted by atomic mass is 9.98. The Labute approximate surface area is 165 Å². The number of piperidine rings is 1. The molecule has 28 heavy (non-hydrogen) atoms. The number of amides is 1. The lowest BCUT2D eigenvalue weighted by Crippen LogP contribution is -2.54. The first-order chi connectivity index (χ1) is 13.4. The summed E-state index contributed by atoms with van der Waals surface area (Å²) >= 11 is 0. The first-order valence-electron chi connectivity index (χ1n) is 9.57. The number of hydrogen-bond acceptors (Lipinski definition) is 5. The van der Waals surface area contributed by atoms with E-state index in [4.69, 9.17) is 9.47 Å². The van der Waals surface area contributed by atoms with E-state index in [1.165, 1.54) is 23.5 Å². The molecule has 3 rings (SSSR count). The molecule has 1 aromatic carbocycles. The smallest absolute Gasteiger partial charge is 0.249 e. The molecule has 156 valence electrons. The molecule has 2 aliphatic heterocycles. The number of hydrogen-bond donors (Lipinski definition) is 0. The maximum atomic E-state index is 13.1. The number of halogens is 1. The first kappa shape index (κ1) is 21.2. The summed E-state index contributed by atoms with van der Waals surface area (Å²) in [5.41, 5.74) is 0. The van der Waals surface area contributed by atoms with Gasteiger partial charge in [-0.05, 0) is 49.9 Å². The summed E-state index contributed by atoms with van der Waals surface area (Å²) < 4.78 is 50.6. The van der Waals surface area contributed by atoms with Crippen LogP contribution in [0.2, 0.25) is 0 Å². The summed E-state index contributed by atoms with van der Waals surface area (Å²) in [6, 6.07) is 4.94. The second-order valence-electron chi connectivity index (χ2n) is 7.17. The van der Waals surface area contributed by atoms with Gasteiger partial charge in [0.2, 0.25) is 15.9 Å². The van der Waals surface area contributed by atoms with Crippen molar-refractivity contribution >= 4 is 15.9 Å². The quantitative estimate of drug-likeness (QED) is 0.707. The molecule has 0 unspecified atom stereocenters. The average molecular weight is 414 g/mol. The molecule has 2 aliphatic rings. The van der Waals surface area contributed by atoms with Crippen LogP contribution in [0.15, 0.2) is 29.2 Å². The zero-order valence-corrected chi connectivity index (χ0v) is 16.9. The fourth-order valence-corrected chi connectivity index (χ4v) is 5.45. The summed E-state index contributed by atoms with van der Waals surface area (Å²) in [7, 11) is -2.17. The lowest BCUT2D eigenvalue weighted by Gasteiger charge is -2.43. The second kappa shape index (κ2) is 9.30. The summed E-state index contributed by atoms with van der Waals surface area (Å²) in [6.07, 6.45) is 2.69. The molecule has 0 atom stereocenters. The van der Waals surface area contributed by atoms with Crippen LogP contribution in [0.3, 0.4) is 0 Å². The Hall–Kier alpha value is -1.55. The molecule has 0 bridgehead atoms. The van der Waals surface area contributed by atoms with Crippen LogP contribution in [-0.4, -0.2) is 75.6 Å². The van der Waals surface area contributed by atoms with Gasteiger partial charge < -0.3 is 14.4 Å². The first-order valence-corrected chi connectivity index (χ1v) is 11.0. The number of carbonyl (C=O) groups is 1. The highest BCUT2D eigenvalue weighted by Crippen LogP contribution is 2.27. The van der Waals surface area contributed by atoms with Gasteiger partial charge in [0.05, 0.1) is 4.90 Å². The van der Waals surface area contributed by atoms with E-state index in [0.717, 1.165) is 25.0 Å². The van der Waals surface area contributed by atoms with E-state index < -0.39 is 15.8 Å². The molecule has 1 amide bonds. The summed E-state index contributed by atoms with van der Waals surface area (Å²) in [4.78, 5) is 14.7.